The van der Waals surface area contributed by atoms with Crippen LogP contribution in [0.4, 0.5) is 8.78 Å². The number of hydrogen-bond acceptors (Lipinski definition) is 3. The lowest BCUT2D eigenvalue weighted by Crippen LogP contribution is -2.39. The van der Waals surface area contributed by atoms with Gasteiger partial charge in [0.1, 0.15) is 11.3 Å². The molecule has 5 nitrogen and oxygen atoms in total. The number of nitrogens with zero attached hydrogens (tertiary/aromatic N) is 2. The summed E-state index contributed by atoms with van der Waals surface area (Å²) < 4.78 is 35.7. The lowest BCUT2D eigenvalue weighted by molar-refractivity contribution is 0.0903. The Hall–Kier alpha value is -2.35. The molecule has 3 unspecified atom stereocenters. The Kier molecular flexibility index (Phi) is 6.44. The highest BCUT2D eigenvalue weighted by Crippen LogP contribution is 2.45. The van der Waals surface area contributed by atoms with Crippen molar-refractivity contribution in [2.24, 2.45) is 11.8 Å². The Labute approximate surface area is 209 Å². The van der Waals surface area contributed by atoms with Crippen molar-refractivity contribution in [2.75, 3.05) is 0 Å². The third-order valence-electron chi connectivity index (χ3n) is 6.53. The third-order valence-corrected chi connectivity index (χ3v) is 7.32. The van der Waals surface area contributed by atoms with Gasteiger partial charge in [-0.3, -0.25) is 4.79 Å². The fourth-order valence-corrected chi connectivity index (χ4v) is 5.58. The van der Waals surface area contributed by atoms with Crippen LogP contribution in [0.2, 0.25) is 15.1 Å². The lowest BCUT2D eigenvalue weighted by Gasteiger charge is -2.22. The van der Waals surface area contributed by atoms with Crippen LogP contribution in [-0.2, 0) is 0 Å². The molecule has 2 aliphatic carbocycles. The van der Waals surface area contributed by atoms with Crippen molar-refractivity contribution in [3.8, 4) is 17.3 Å². The van der Waals surface area contributed by atoms with Gasteiger partial charge in [0.05, 0.1) is 10.7 Å². The fourth-order valence-electron chi connectivity index (χ4n) is 4.97. The average molecular weight is 527 g/mol. The van der Waals surface area contributed by atoms with Crippen LogP contribution in [0.3, 0.4) is 0 Å². The number of rotatable bonds is 6. The SMILES string of the molecule is O=C(NC1CC2CCC1C2)c1nn(-c2ccc(Cl)cc2Cl)c(Oc2ccc(Cl)cc2)c1C(F)F. The molecule has 10 heteroatoms. The zero-order valence-electron chi connectivity index (χ0n) is 17.8. The van der Waals surface area contributed by atoms with Gasteiger partial charge in [-0.1, -0.05) is 41.2 Å². The molecule has 1 heterocycles. The summed E-state index contributed by atoms with van der Waals surface area (Å²) in [7, 11) is 0. The molecular weight excluding hydrogens is 507 g/mol. The molecule has 2 bridgehead atoms. The molecular formula is C24H20Cl3F2N3O2. The second kappa shape index (κ2) is 9.36. The molecule has 5 rings (SSSR count). The van der Waals surface area contributed by atoms with Gasteiger partial charge in [0.15, 0.2) is 5.69 Å². The zero-order valence-corrected chi connectivity index (χ0v) is 20.0. The highest BCUT2D eigenvalue weighted by Gasteiger charge is 2.41. The average Bonchev–Trinajstić information content (AvgIpc) is 3.50. The van der Waals surface area contributed by atoms with E-state index in [1.54, 1.807) is 18.2 Å². The Morgan fingerprint density at radius 1 is 1.06 bits per heavy atom. The van der Waals surface area contributed by atoms with Gasteiger partial charge in [-0.25, -0.2) is 8.78 Å². The number of alkyl halides is 2. The summed E-state index contributed by atoms with van der Waals surface area (Å²) in [5.41, 5.74) is -0.759. The van der Waals surface area contributed by atoms with E-state index >= 15 is 0 Å². The molecule has 0 radical (unpaired) electrons. The molecule has 1 amide bonds. The predicted octanol–water partition coefficient (Wildman–Crippen LogP) is 7.48. The molecule has 3 aromatic rings. The van der Waals surface area contributed by atoms with E-state index in [9.17, 15) is 13.6 Å². The van der Waals surface area contributed by atoms with Crippen LogP contribution >= 0.6 is 34.8 Å². The number of carbonyl (C=O) groups is 1. The van der Waals surface area contributed by atoms with Crippen LogP contribution in [-0.4, -0.2) is 21.7 Å². The van der Waals surface area contributed by atoms with E-state index in [0.717, 1.165) is 30.4 Å². The molecule has 1 N–H and O–H groups in total. The monoisotopic (exact) mass is 525 g/mol. The van der Waals surface area contributed by atoms with Crippen molar-refractivity contribution in [2.45, 2.75) is 38.2 Å². The summed E-state index contributed by atoms with van der Waals surface area (Å²) >= 11 is 18.3. The van der Waals surface area contributed by atoms with Crippen LogP contribution < -0.4 is 10.1 Å². The molecule has 1 aromatic heterocycles. The van der Waals surface area contributed by atoms with Gasteiger partial charge in [-0.2, -0.15) is 9.78 Å². The number of benzene rings is 2. The van der Waals surface area contributed by atoms with Crippen LogP contribution in [0.5, 0.6) is 11.6 Å². The van der Waals surface area contributed by atoms with Crippen molar-refractivity contribution >= 4 is 40.7 Å². The second-order valence-corrected chi connectivity index (χ2v) is 9.97. The van der Waals surface area contributed by atoms with Gasteiger partial charge in [0.2, 0.25) is 5.88 Å². The van der Waals surface area contributed by atoms with Gasteiger partial charge >= 0.3 is 0 Å². The highest BCUT2D eigenvalue weighted by molar-refractivity contribution is 6.35. The number of halogens is 5. The van der Waals surface area contributed by atoms with Crippen molar-refractivity contribution in [1.82, 2.24) is 15.1 Å². The van der Waals surface area contributed by atoms with E-state index in [1.807, 2.05) is 0 Å². The second-order valence-electron chi connectivity index (χ2n) is 8.69. The molecule has 0 spiro atoms. The van der Waals surface area contributed by atoms with Crippen LogP contribution in [0.1, 0.15) is 48.2 Å². The maximum Gasteiger partial charge on any atom is 0.272 e. The normalized spacial score (nSPS) is 21.3. The number of nitrogens with one attached hydrogen (secondary N) is 1. The molecule has 2 aliphatic rings. The predicted molar refractivity (Wildman–Crippen MR) is 127 cm³/mol. The van der Waals surface area contributed by atoms with Gasteiger partial charge in [-0.05, 0) is 73.6 Å². The number of aromatic nitrogens is 2. The molecule has 2 saturated carbocycles. The van der Waals surface area contributed by atoms with Crippen molar-refractivity contribution < 1.29 is 18.3 Å². The number of ether oxygens (including phenoxy) is 1. The molecule has 178 valence electrons. The Morgan fingerprint density at radius 2 is 1.79 bits per heavy atom. The standard InChI is InChI=1S/C24H20Cl3F2N3O2/c25-14-3-6-16(7-4-14)34-24-20(22(28)29)21(23(33)30-18-10-12-1-2-13(18)9-12)31-32(24)19-8-5-15(26)11-17(19)27/h3-8,11-13,18,22H,1-2,9-10H2,(H,30,33). The van der Waals surface area contributed by atoms with Gasteiger partial charge in [0, 0.05) is 16.1 Å². The van der Waals surface area contributed by atoms with E-state index in [-0.39, 0.29) is 28.4 Å². The van der Waals surface area contributed by atoms with Gasteiger partial charge < -0.3 is 10.1 Å². The van der Waals surface area contributed by atoms with Crippen LogP contribution in [0.15, 0.2) is 42.5 Å². The first-order chi connectivity index (χ1) is 16.3. The summed E-state index contributed by atoms with van der Waals surface area (Å²) in [5.74, 6) is 0.246. The van der Waals surface area contributed by atoms with Crippen molar-refractivity contribution in [1.29, 1.82) is 0 Å². The number of amides is 1. The van der Waals surface area contributed by atoms with E-state index in [0.29, 0.717) is 21.9 Å². The van der Waals surface area contributed by atoms with Gasteiger partial charge in [-0.15, -0.1) is 0 Å². The van der Waals surface area contributed by atoms with Gasteiger partial charge in [0.25, 0.3) is 12.3 Å². The maximum absolute atomic E-state index is 14.4. The first kappa shape index (κ1) is 23.4. The van der Waals surface area contributed by atoms with E-state index in [2.05, 4.69) is 10.4 Å². The zero-order chi connectivity index (χ0) is 24.0. The summed E-state index contributed by atoms with van der Waals surface area (Å²) in [5, 5.41) is 8.18. The molecule has 2 fully saturated rings. The molecule has 2 aromatic carbocycles. The molecule has 34 heavy (non-hydrogen) atoms. The quantitative estimate of drug-likeness (QED) is 0.362. The summed E-state index contributed by atoms with van der Waals surface area (Å²) in [6.45, 7) is 0. The topological polar surface area (TPSA) is 56.2 Å². The Morgan fingerprint density at radius 3 is 2.41 bits per heavy atom. The highest BCUT2D eigenvalue weighted by atomic mass is 35.5. The van der Waals surface area contributed by atoms with Crippen LogP contribution in [0.25, 0.3) is 5.69 Å². The Balaban J connectivity index is 1.58. The smallest absolute Gasteiger partial charge is 0.272 e. The molecule has 0 aliphatic heterocycles. The molecule has 3 atom stereocenters. The first-order valence-electron chi connectivity index (χ1n) is 10.9. The van der Waals surface area contributed by atoms with E-state index < -0.39 is 23.6 Å². The van der Waals surface area contributed by atoms with E-state index in [1.165, 1.54) is 24.3 Å². The number of carbonyl (C=O) groups excluding carboxylic acids is 1. The maximum atomic E-state index is 14.4. The minimum Gasteiger partial charge on any atom is -0.438 e. The fraction of sp³-hybridized carbons (Fsp3) is 0.333. The Bertz CT molecular complexity index is 1230. The van der Waals surface area contributed by atoms with E-state index in [4.69, 9.17) is 39.5 Å². The summed E-state index contributed by atoms with van der Waals surface area (Å²) in [6.07, 6.45) is 1.09. The van der Waals surface area contributed by atoms with Crippen LogP contribution in [0, 0.1) is 11.8 Å². The molecule has 0 saturated heterocycles. The lowest BCUT2D eigenvalue weighted by atomic mass is 9.95. The minimum absolute atomic E-state index is 0.0401. The number of fused-ring (bicyclic) bond motifs is 2. The summed E-state index contributed by atoms with van der Waals surface area (Å²) in [6, 6.07) is 10.7. The minimum atomic E-state index is -3.03. The number of hydrogen-bond donors (Lipinski definition) is 1. The van der Waals surface area contributed by atoms with Crippen molar-refractivity contribution in [3.05, 3.63) is 68.8 Å². The van der Waals surface area contributed by atoms with Crippen molar-refractivity contribution in [3.63, 3.8) is 0 Å². The summed E-state index contributed by atoms with van der Waals surface area (Å²) in [4.78, 5) is 13.2. The largest absolute Gasteiger partial charge is 0.438 e. The third kappa shape index (κ3) is 4.49. The first-order valence-corrected chi connectivity index (χ1v) is 12.0.